The Morgan fingerprint density at radius 1 is 1.19 bits per heavy atom. The molecule has 0 aliphatic heterocycles. The van der Waals surface area contributed by atoms with Crippen molar-refractivity contribution in [1.82, 2.24) is 5.43 Å². The van der Waals surface area contributed by atoms with Crippen LogP contribution in [0.1, 0.15) is 56.7 Å². The average Bonchev–Trinajstić information content (AvgIpc) is 2.71. The van der Waals surface area contributed by atoms with Crippen LogP contribution in [0.15, 0.2) is 35.4 Å². The second-order valence-electron chi connectivity index (χ2n) is 7.91. The number of ether oxygens (including phenoxy) is 1. The molecular formula is C24H33N3O3S. The summed E-state index contributed by atoms with van der Waals surface area (Å²) in [5.74, 6) is 0.945. The number of nitrogens with zero attached hydrogens (tertiary/aromatic N) is 2. The van der Waals surface area contributed by atoms with Crippen LogP contribution in [0.5, 0.6) is 17.2 Å². The van der Waals surface area contributed by atoms with E-state index >= 15 is 0 Å². The van der Waals surface area contributed by atoms with E-state index in [9.17, 15) is 10.2 Å². The van der Waals surface area contributed by atoms with E-state index in [-0.39, 0.29) is 17.4 Å². The molecule has 2 aromatic carbocycles. The first kappa shape index (κ1) is 24.5. The molecule has 0 bridgehead atoms. The van der Waals surface area contributed by atoms with Crippen molar-refractivity contribution in [2.24, 2.45) is 5.10 Å². The second-order valence-corrected chi connectivity index (χ2v) is 8.53. The number of aromatic hydroxyl groups is 2. The first-order valence-corrected chi connectivity index (χ1v) is 10.9. The quantitative estimate of drug-likeness (QED) is 0.289. The number of methoxy groups -OCH3 is 1. The molecule has 0 fully saturated rings. The Labute approximate surface area is 190 Å². The third-order valence-corrected chi connectivity index (χ3v) is 5.10. The van der Waals surface area contributed by atoms with Crippen LogP contribution in [0.25, 0.3) is 0 Å². The molecule has 7 heteroatoms. The number of benzene rings is 2. The van der Waals surface area contributed by atoms with E-state index in [1.165, 1.54) is 6.07 Å². The fourth-order valence-electron chi connectivity index (χ4n) is 3.42. The molecule has 2 aromatic rings. The van der Waals surface area contributed by atoms with Crippen molar-refractivity contribution in [3.8, 4) is 17.2 Å². The summed E-state index contributed by atoms with van der Waals surface area (Å²) < 4.78 is 5.54. The number of phenolic OH excluding ortho intramolecular Hbond substituents is 2. The summed E-state index contributed by atoms with van der Waals surface area (Å²) in [5.41, 5.74) is 6.79. The fourth-order valence-corrected chi connectivity index (χ4v) is 3.47. The lowest BCUT2D eigenvalue weighted by atomic mass is 9.94. The lowest BCUT2D eigenvalue weighted by molar-refractivity contribution is 0.414. The number of rotatable bonds is 9. The van der Waals surface area contributed by atoms with Gasteiger partial charge in [0.05, 0.1) is 23.5 Å². The van der Waals surface area contributed by atoms with Gasteiger partial charge in [0.15, 0.2) is 0 Å². The predicted molar refractivity (Wildman–Crippen MR) is 132 cm³/mol. The van der Waals surface area contributed by atoms with Gasteiger partial charge in [-0.25, -0.2) is 0 Å². The molecule has 0 saturated carbocycles. The predicted octanol–water partition coefficient (Wildman–Crippen LogP) is 4.96. The van der Waals surface area contributed by atoms with Gasteiger partial charge in [0.25, 0.3) is 0 Å². The highest BCUT2D eigenvalue weighted by molar-refractivity contribution is 7.80. The fraction of sp³-hybridized carbons (Fsp3) is 0.417. The smallest absolute Gasteiger partial charge is 0.142 e. The van der Waals surface area contributed by atoms with Crippen LogP contribution in [-0.2, 0) is 6.42 Å². The van der Waals surface area contributed by atoms with Crippen molar-refractivity contribution in [2.75, 3.05) is 25.6 Å². The topological polar surface area (TPSA) is 77.3 Å². The van der Waals surface area contributed by atoms with E-state index in [0.717, 1.165) is 35.5 Å². The molecule has 0 saturated heterocycles. The number of thiocarbonyl (C=S) groups is 1. The summed E-state index contributed by atoms with van der Waals surface area (Å²) in [7, 11) is 3.71. The highest BCUT2D eigenvalue weighted by Gasteiger charge is 2.18. The zero-order chi connectivity index (χ0) is 23.1. The van der Waals surface area contributed by atoms with E-state index in [1.807, 2.05) is 33.0 Å². The van der Waals surface area contributed by atoms with Crippen molar-refractivity contribution in [3.05, 3.63) is 47.0 Å². The third-order valence-electron chi connectivity index (χ3n) is 5.01. The molecule has 0 amide bonds. The van der Waals surface area contributed by atoms with Crippen LogP contribution >= 0.6 is 12.2 Å². The van der Waals surface area contributed by atoms with Crippen LogP contribution in [-0.4, -0.2) is 41.6 Å². The number of phenols is 2. The summed E-state index contributed by atoms with van der Waals surface area (Å²) in [4.78, 5) is 2.69. The van der Waals surface area contributed by atoms with Gasteiger partial charge >= 0.3 is 0 Å². The molecule has 168 valence electrons. The normalized spacial score (nSPS) is 11.5. The van der Waals surface area contributed by atoms with Crippen LogP contribution in [0.4, 0.5) is 5.69 Å². The van der Waals surface area contributed by atoms with Crippen LogP contribution < -0.4 is 15.1 Å². The van der Waals surface area contributed by atoms with Gasteiger partial charge in [0.2, 0.25) is 0 Å². The summed E-state index contributed by atoms with van der Waals surface area (Å²) >= 11 is 5.12. The molecule has 0 unspecified atom stereocenters. The molecule has 2 rings (SSSR count). The number of nitrogens with one attached hydrogen (secondary N) is 1. The minimum absolute atomic E-state index is 0.0266. The Bertz CT molecular complexity index is 957. The van der Waals surface area contributed by atoms with Gasteiger partial charge in [-0.15, -0.1) is 0 Å². The van der Waals surface area contributed by atoms with Crippen molar-refractivity contribution < 1.29 is 14.9 Å². The molecule has 0 spiro atoms. The Morgan fingerprint density at radius 2 is 1.90 bits per heavy atom. The van der Waals surface area contributed by atoms with Gasteiger partial charge in [-0.1, -0.05) is 39.1 Å². The molecule has 0 radical (unpaired) electrons. The Kier molecular flexibility index (Phi) is 8.68. The molecule has 31 heavy (non-hydrogen) atoms. The van der Waals surface area contributed by atoms with E-state index < -0.39 is 0 Å². The highest BCUT2D eigenvalue weighted by atomic mass is 32.1. The van der Waals surface area contributed by atoms with E-state index in [0.29, 0.717) is 22.7 Å². The molecule has 6 nitrogen and oxygen atoms in total. The summed E-state index contributed by atoms with van der Waals surface area (Å²) in [6.07, 6.45) is 1.48. The van der Waals surface area contributed by atoms with Crippen molar-refractivity contribution in [3.63, 3.8) is 0 Å². The average molecular weight is 444 g/mol. The van der Waals surface area contributed by atoms with Crippen molar-refractivity contribution in [2.45, 2.75) is 46.5 Å². The Hall–Kier alpha value is -2.80. The zero-order valence-corrected chi connectivity index (χ0v) is 20.0. The van der Waals surface area contributed by atoms with Gasteiger partial charge in [-0.3, -0.25) is 5.43 Å². The van der Waals surface area contributed by atoms with Gasteiger partial charge < -0.3 is 19.8 Å². The zero-order valence-electron chi connectivity index (χ0n) is 19.2. The third kappa shape index (κ3) is 6.34. The van der Waals surface area contributed by atoms with Crippen molar-refractivity contribution in [1.29, 1.82) is 0 Å². The van der Waals surface area contributed by atoms with Gasteiger partial charge in [0, 0.05) is 31.6 Å². The molecule has 0 aromatic heterocycles. The van der Waals surface area contributed by atoms with Crippen LogP contribution in [0.2, 0.25) is 0 Å². The van der Waals surface area contributed by atoms with E-state index in [1.54, 1.807) is 20.1 Å². The minimum atomic E-state index is -0.0266. The second kappa shape index (κ2) is 11.0. The standard InChI is InChI=1S/C24H33N3O3S/c1-7-10-27(5)21-12-17(8-9-24(21)30-6)11-20(26-25-16(4)31)19-13-18(15(2)3)22(28)14-23(19)29/h8-9,12-15,28-29H,7,10-11H2,1-6H3,(H,25,31)/b26-20+. The van der Waals surface area contributed by atoms with Gasteiger partial charge in [0.1, 0.15) is 17.2 Å². The molecule has 0 atom stereocenters. The van der Waals surface area contributed by atoms with Gasteiger partial charge in [-0.2, -0.15) is 5.10 Å². The molecule has 0 heterocycles. The maximum absolute atomic E-state index is 10.6. The first-order valence-electron chi connectivity index (χ1n) is 10.4. The lowest BCUT2D eigenvalue weighted by Gasteiger charge is -2.22. The maximum atomic E-state index is 10.6. The number of hydrogen-bond acceptors (Lipinski definition) is 6. The van der Waals surface area contributed by atoms with Gasteiger partial charge in [-0.05, 0) is 48.6 Å². The SMILES string of the molecule is CCCN(C)c1cc(C/C(=N\NC(C)=S)c2cc(C(C)C)c(O)cc2O)ccc1OC. The maximum Gasteiger partial charge on any atom is 0.142 e. The first-order chi connectivity index (χ1) is 14.7. The lowest BCUT2D eigenvalue weighted by Crippen LogP contribution is -2.19. The van der Waals surface area contributed by atoms with Crippen LogP contribution in [0.3, 0.4) is 0 Å². The van der Waals surface area contributed by atoms with E-state index in [4.69, 9.17) is 17.0 Å². The molecule has 0 aliphatic rings. The number of anilines is 1. The summed E-state index contributed by atoms with van der Waals surface area (Å²) in [5, 5.41) is 25.3. The number of hydrazone groups is 1. The monoisotopic (exact) mass is 443 g/mol. The summed E-state index contributed by atoms with van der Waals surface area (Å²) in [6.45, 7) is 8.77. The molecule has 0 aliphatic carbocycles. The molecular weight excluding hydrogens is 410 g/mol. The minimum Gasteiger partial charge on any atom is -0.508 e. The highest BCUT2D eigenvalue weighted by Crippen LogP contribution is 2.34. The largest absolute Gasteiger partial charge is 0.508 e. The van der Waals surface area contributed by atoms with E-state index in [2.05, 4.69) is 28.4 Å². The Morgan fingerprint density at radius 3 is 2.48 bits per heavy atom. The molecule has 3 N–H and O–H groups in total. The van der Waals surface area contributed by atoms with Crippen LogP contribution in [0, 0.1) is 0 Å². The summed E-state index contributed by atoms with van der Waals surface area (Å²) in [6, 6.07) is 9.18. The number of hydrogen-bond donors (Lipinski definition) is 3. The van der Waals surface area contributed by atoms with Crippen molar-refractivity contribution >= 4 is 28.6 Å². The Balaban J connectivity index is 2.52.